The Morgan fingerprint density at radius 3 is 2.94 bits per heavy atom. The molecule has 1 unspecified atom stereocenters. The van der Waals surface area contributed by atoms with Crippen LogP contribution in [0.25, 0.3) is 10.9 Å². The van der Waals surface area contributed by atoms with E-state index in [0.29, 0.717) is 12.3 Å². The van der Waals surface area contributed by atoms with E-state index in [0.717, 1.165) is 10.9 Å². The van der Waals surface area contributed by atoms with Crippen molar-refractivity contribution in [3.05, 3.63) is 30.0 Å². The highest BCUT2D eigenvalue weighted by Crippen LogP contribution is 2.17. The Bertz CT molecular complexity index is 550. The minimum atomic E-state index is -0.1000. The van der Waals surface area contributed by atoms with Gasteiger partial charge in [0, 0.05) is 19.5 Å². The molecule has 1 atom stereocenters. The van der Waals surface area contributed by atoms with Crippen LogP contribution in [0.1, 0.15) is 17.4 Å². The number of fused-ring (bicyclic) bond motifs is 1. The third-order valence-electron chi connectivity index (χ3n) is 3.06. The number of H-pyrrole nitrogens is 1. The van der Waals surface area contributed by atoms with Gasteiger partial charge in [0.25, 0.3) is 5.91 Å². The maximum Gasteiger partial charge on any atom is 0.275 e. The number of carbonyl (C=O) groups is 1. The lowest BCUT2D eigenvalue weighted by molar-refractivity contribution is 0.0630. The number of ether oxygens (including phenoxy) is 1. The third-order valence-corrected chi connectivity index (χ3v) is 3.06. The van der Waals surface area contributed by atoms with E-state index in [1.807, 2.05) is 31.2 Å². The molecule has 1 aromatic carbocycles. The zero-order valence-corrected chi connectivity index (χ0v) is 10.8. The first-order chi connectivity index (χ1) is 8.65. The molecule has 0 aliphatic rings. The van der Waals surface area contributed by atoms with Crippen LogP contribution in [0.5, 0.6) is 0 Å². The highest BCUT2D eigenvalue weighted by atomic mass is 16.5. The lowest BCUT2D eigenvalue weighted by Crippen LogP contribution is -2.38. The van der Waals surface area contributed by atoms with Crippen LogP contribution in [-0.4, -0.2) is 47.8 Å². The van der Waals surface area contributed by atoms with Crippen LogP contribution in [0.4, 0.5) is 0 Å². The number of aromatic nitrogens is 2. The predicted octanol–water partition coefficient (Wildman–Crippen LogP) is 1.67. The van der Waals surface area contributed by atoms with Crippen LogP contribution in [0.3, 0.4) is 0 Å². The van der Waals surface area contributed by atoms with Gasteiger partial charge in [-0.1, -0.05) is 18.2 Å². The average molecular weight is 247 g/mol. The summed E-state index contributed by atoms with van der Waals surface area (Å²) in [5.74, 6) is -0.1000. The minimum Gasteiger partial charge on any atom is -0.383 e. The Hall–Kier alpha value is -1.88. The molecule has 2 aromatic rings. The molecule has 2 rings (SSSR count). The van der Waals surface area contributed by atoms with Gasteiger partial charge in [0.05, 0.1) is 18.2 Å². The first kappa shape index (κ1) is 12.6. The standard InChI is InChI=1S/C13H17N3O2/c1-9(8-18-3)16(2)13(17)12-10-6-4-5-7-11(10)14-15-12/h4-7,9H,8H2,1-3H3,(H,14,15). The fraction of sp³-hybridized carbons (Fsp3) is 0.385. The van der Waals surface area contributed by atoms with E-state index in [4.69, 9.17) is 4.74 Å². The van der Waals surface area contributed by atoms with Gasteiger partial charge in [-0.25, -0.2) is 0 Å². The van der Waals surface area contributed by atoms with Gasteiger partial charge in [0.2, 0.25) is 0 Å². The molecule has 1 amide bonds. The predicted molar refractivity (Wildman–Crippen MR) is 69.5 cm³/mol. The smallest absolute Gasteiger partial charge is 0.275 e. The fourth-order valence-corrected chi connectivity index (χ4v) is 1.85. The summed E-state index contributed by atoms with van der Waals surface area (Å²) in [6, 6.07) is 7.61. The first-order valence-electron chi connectivity index (χ1n) is 5.84. The SMILES string of the molecule is COCC(C)N(C)C(=O)c1n[nH]c2ccccc12. The monoisotopic (exact) mass is 247 g/mol. The summed E-state index contributed by atoms with van der Waals surface area (Å²) in [5.41, 5.74) is 1.32. The Morgan fingerprint density at radius 1 is 1.50 bits per heavy atom. The summed E-state index contributed by atoms with van der Waals surface area (Å²) in [6.07, 6.45) is 0. The topological polar surface area (TPSA) is 58.2 Å². The quantitative estimate of drug-likeness (QED) is 0.894. The van der Waals surface area contributed by atoms with Gasteiger partial charge in [0.1, 0.15) is 0 Å². The zero-order valence-electron chi connectivity index (χ0n) is 10.8. The molecule has 0 saturated heterocycles. The molecular weight excluding hydrogens is 230 g/mol. The number of rotatable bonds is 4. The largest absolute Gasteiger partial charge is 0.383 e. The molecule has 5 heteroatoms. The molecule has 0 saturated carbocycles. The second-order valence-electron chi connectivity index (χ2n) is 4.34. The number of hydrogen-bond acceptors (Lipinski definition) is 3. The normalized spacial score (nSPS) is 12.6. The van der Waals surface area contributed by atoms with Crippen LogP contribution in [-0.2, 0) is 4.74 Å². The van der Waals surface area contributed by atoms with Crippen LogP contribution < -0.4 is 0 Å². The molecule has 18 heavy (non-hydrogen) atoms. The summed E-state index contributed by atoms with van der Waals surface area (Å²) < 4.78 is 5.06. The zero-order chi connectivity index (χ0) is 13.1. The summed E-state index contributed by atoms with van der Waals surface area (Å²) in [4.78, 5) is 14.0. The van der Waals surface area contributed by atoms with E-state index in [1.54, 1.807) is 19.1 Å². The molecule has 0 fully saturated rings. The highest BCUT2D eigenvalue weighted by Gasteiger charge is 2.21. The number of nitrogens with one attached hydrogen (secondary N) is 1. The highest BCUT2D eigenvalue weighted by molar-refractivity contribution is 6.04. The number of aromatic amines is 1. The Morgan fingerprint density at radius 2 is 2.22 bits per heavy atom. The number of likely N-dealkylation sites (N-methyl/N-ethyl adjacent to an activating group) is 1. The van der Waals surface area contributed by atoms with E-state index >= 15 is 0 Å². The second-order valence-corrected chi connectivity index (χ2v) is 4.34. The number of benzene rings is 1. The summed E-state index contributed by atoms with van der Waals surface area (Å²) in [7, 11) is 3.38. The van der Waals surface area contributed by atoms with Gasteiger partial charge >= 0.3 is 0 Å². The van der Waals surface area contributed by atoms with Crippen molar-refractivity contribution in [1.29, 1.82) is 0 Å². The van der Waals surface area contributed by atoms with Crippen molar-refractivity contribution < 1.29 is 9.53 Å². The maximum atomic E-state index is 12.3. The maximum absolute atomic E-state index is 12.3. The molecule has 1 aromatic heterocycles. The van der Waals surface area contributed by atoms with Gasteiger partial charge in [0.15, 0.2) is 5.69 Å². The van der Waals surface area contributed by atoms with E-state index in [2.05, 4.69) is 10.2 Å². The molecule has 0 aliphatic carbocycles. The molecular formula is C13H17N3O2. The van der Waals surface area contributed by atoms with Gasteiger partial charge in [-0.15, -0.1) is 0 Å². The van der Waals surface area contributed by atoms with E-state index in [9.17, 15) is 4.79 Å². The molecule has 0 radical (unpaired) electrons. The molecule has 1 heterocycles. The number of amides is 1. The third kappa shape index (κ3) is 2.22. The number of para-hydroxylation sites is 1. The van der Waals surface area contributed by atoms with Crippen molar-refractivity contribution in [3.8, 4) is 0 Å². The van der Waals surface area contributed by atoms with Crippen LogP contribution >= 0.6 is 0 Å². The van der Waals surface area contributed by atoms with Crippen molar-refractivity contribution in [3.63, 3.8) is 0 Å². The Labute approximate surface area is 106 Å². The van der Waals surface area contributed by atoms with Crippen LogP contribution in [0.15, 0.2) is 24.3 Å². The van der Waals surface area contributed by atoms with E-state index in [-0.39, 0.29) is 11.9 Å². The fourth-order valence-electron chi connectivity index (χ4n) is 1.85. The molecule has 96 valence electrons. The Kier molecular flexibility index (Phi) is 3.62. The van der Waals surface area contributed by atoms with Gasteiger partial charge < -0.3 is 9.64 Å². The van der Waals surface area contributed by atoms with Gasteiger partial charge in [-0.05, 0) is 13.0 Å². The van der Waals surface area contributed by atoms with Crippen molar-refractivity contribution in [2.75, 3.05) is 20.8 Å². The summed E-state index contributed by atoms with van der Waals surface area (Å²) in [6.45, 7) is 2.45. The van der Waals surface area contributed by atoms with E-state index in [1.165, 1.54) is 0 Å². The molecule has 0 bridgehead atoms. The first-order valence-corrected chi connectivity index (χ1v) is 5.84. The van der Waals surface area contributed by atoms with Crippen LogP contribution in [0.2, 0.25) is 0 Å². The van der Waals surface area contributed by atoms with Crippen molar-refractivity contribution >= 4 is 16.8 Å². The molecule has 0 aliphatic heterocycles. The lowest BCUT2D eigenvalue weighted by atomic mass is 10.2. The molecule has 0 spiro atoms. The second kappa shape index (κ2) is 5.18. The summed E-state index contributed by atoms with van der Waals surface area (Å²) >= 11 is 0. The van der Waals surface area contributed by atoms with E-state index < -0.39 is 0 Å². The lowest BCUT2D eigenvalue weighted by Gasteiger charge is -2.23. The number of nitrogens with zero attached hydrogens (tertiary/aromatic N) is 2. The minimum absolute atomic E-state index is 0.0120. The summed E-state index contributed by atoms with van der Waals surface area (Å²) in [5, 5.41) is 7.81. The van der Waals surface area contributed by atoms with Crippen molar-refractivity contribution in [1.82, 2.24) is 15.1 Å². The molecule has 1 N–H and O–H groups in total. The van der Waals surface area contributed by atoms with Gasteiger partial charge in [-0.2, -0.15) is 5.10 Å². The average Bonchev–Trinajstić information content (AvgIpc) is 2.81. The number of carbonyl (C=O) groups excluding carboxylic acids is 1. The molecule has 5 nitrogen and oxygen atoms in total. The number of methoxy groups -OCH3 is 1. The van der Waals surface area contributed by atoms with Crippen molar-refractivity contribution in [2.24, 2.45) is 0 Å². The number of hydrogen-bond donors (Lipinski definition) is 1. The van der Waals surface area contributed by atoms with Gasteiger partial charge in [-0.3, -0.25) is 9.89 Å². The Balaban J connectivity index is 2.28. The van der Waals surface area contributed by atoms with Crippen molar-refractivity contribution in [2.45, 2.75) is 13.0 Å². The van der Waals surface area contributed by atoms with Crippen LogP contribution in [0, 0.1) is 0 Å².